The molecule has 2 heterocycles. The number of fused-ring (bicyclic) bond motifs is 1. The highest BCUT2D eigenvalue weighted by atomic mass is 16.2. The zero-order valence-electron chi connectivity index (χ0n) is 15.9. The molecule has 1 N–H and O–H groups in total. The largest absolute Gasteiger partial charge is 0.369 e. The van der Waals surface area contributed by atoms with Crippen molar-refractivity contribution < 1.29 is 4.79 Å². The number of urea groups is 1. The maximum atomic E-state index is 12.9. The smallest absolute Gasteiger partial charge is 0.324 e. The van der Waals surface area contributed by atoms with Crippen LogP contribution < -0.4 is 10.2 Å². The molecular formula is C21H27N5O. The fourth-order valence-corrected chi connectivity index (χ4v) is 4.07. The second kappa shape index (κ2) is 7.94. The van der Waals surface area contributed by atoms with E-state index in [0.717, 1.165) is 29.3 Å². The van der Waals surface area contributed by atoms with Crippen LogP contribution >= 0.6 is 0 Å². The maximum Gasteiger partial charge on any atom is 0.324 e. The molecular weight excluding hydrogens is 338 g/mol. The predicted octanol–water partition coefficient (Wildman–Crippen LogP) is 4.04. The average Bonchev–Trinajstić information content (AvgIpc) is 2.84. The lowest BCUT2D eigenvalue weighted by atomic mass is 9.89. The minimum atomic E-state index is -0.0163. The first-order valence-corrected chi connectivity index (χ1v) is 9.86. The third kappa shape index (κ3) is 3.89. The number of anilines is 2. The number of carbonyl (C=O) groups is 1. The summed E-state index contributed by atoms with van der Waals surface area (Å²) in [6.07, 6.45) is 8.21. The van der Waals surface area contributed by atoms with Crippen molar-refractivity contribution in [3.8, 4) is 0 Å². The first kappa shape index (κ1) is 17.8. The number of hydrogen-bond donors (Lipinski definition) is 1. The van der Waals surface area contributed by atoms with Crippen molar-refractivity contribution in [3.63, 3.8) is 0 Å². The first-order chi connectivity index (χ1) is 13.2. The minimum Gasteiger partial charge on any atom is -0.369 e. The minimum absolute atomic E-state index is 0.0163. The van der Waals surface area contributed by atoms with E-state index in [4.69, 9.17) is 0 Å². The van der Waals surface area contributed by atoms with Gasteiger partial charge in [0.25, 0.3) is 0 Å². The van der Waals surface area contributed by atoms with Crippen molar-refractivity contribution in [1.82, 2.24) is 14.9 Å². The Balaban J connectivity index is 1.60. The number of rotatable bonds is 4. The second-order valence-corrected chi connectivity index (χ2v) is 7.59. The van der Waals surface area contributed by atoms with E-state index in [9.17, 15) is 4.79 Å². The van der Waals surface area contributed by atoms with Gasteiger partial charge in [-0.25, -0.2) is 14.8 Å². The Hall–Kier alpha value is -2.63. The molecule has 0 unspecified atom stereocenters. The highest BCUT2D eigenvalue weighted by molar-refractivity contribution is 5.92. The summed E-state index contributed by atoms with van der Waals surface area (Å²) in [5.41, 5.74) is 2.84. The molecule has 2 aromatic rings. The maximum absolute atomic E-state index is 12.9. The lowest BCUT2D eigenvalue weighted by Crippen LogP contribution is -2.38. The lowest BCUT2D eigenvalue weighted by molar-refractivity contribution is 0.214. The van der Waals surface area contributed by atoms with E-state index < -0.39 is 0 Å². The average molecular weight is 365 g/mol. The number of amides is 2. The summed E-state index contributed by atoms with van der Waals surface area (Å²) in [7, 11) is 1.82. The number of carbonyl (C=O) groups excluding carboxylic acids is 1. The first-order valence-electron chi connectivity index (χ1n) is 9.86. The molecule has 2 amide bonds. The van der Waals surface area contributed by atoms with Gasteiger partial charge in [0, 0.05) is 24.8 Å². The molecule has 0 spiro atoms. The Morgan fingerprint density at radius 2 is 1.85 bits per heavy atom. The van der Waals surface area contributed by atoms with Gasteiger partial charge in [-0.15, -0.1) is 0 Å². The summed E-state index contributed by atoms with van der Waals surface area (Å²) in [5.74, 6) is 1.58. The molecule has 6 nitrogen and oxygen atoms in total. The van der Waals surface area contributed by atoms with E-state index >= 15 is 0 Å². The molecule has 4 rings (SSSR count). The Morgan fingerprint density at radius 1 is 1.07 bits per heavy atom. The van der Waals surface area contributed by atoms with Crippen LogP contribution in [0.2, 0.25) is 0 Å². The molecule has 1 aromatic carbocycles. The van der Waals surface area contributed by atoms with Crippen molar-refractivity contribution in [1.29, 1.82) is 0 Å². The summed E-state index contributed by atoms with van der Waals surface area (Å²) in [6.45, 7) is 1.92. The van der Waals surface area contributed by atoms with Gasteiger partial charge in [0.2, 0.25) is 0 Å². The predicted molar refractivity (Wildman–Crippen MR) is 107 cm³/mol. The van der Waals surface area contributed by atoms with Crippen molar-refractivity contribution in [3.05, 3.63) is 47.9 Å². The number of benzene rings is 1. The molecule has 0 bridgehead atoms. The Bertz CT molecular complexity index is 788. The summed E-state index contributed by atoms with van der Waals surface area (Å²) >= 11 is 0. The third-order valence-electron chi connectivity index (χ3n) is 5.65. The molecule has 6 heteroatoms. The third-order valence-corrected chi connectivity index (χ3v) is 5.65. The zero-order chi connectivity index (χ0) is 18.6. The normalized spacial score (nSPS) is 18.2. The van der Waals surface area contributed by atoms with Crippen molar-refractivity contribution in [2.24, 2.45) is 5.92 Å². The molecule has 0 atom stereocenters. The number of aromatic nitrogens is 2. The van der Waals surface area contributed by atoms with Crippen LogP contribution in [-0.4, -0.2) is 34.5 Å². The number of para-hydroxylation sites is 1. The van der Waals surface area contributed by atoms with Gasteiger partial charge in [-0.2, -0.15) is 0 Å². The summed E-state index contributed by atoms with van der Waals surface area (Å²) in [5, 5.41) is 3.56. The lowest BCUT2D eigenvalue weighted by Gasteiger charge is -2.25. The van der Waals surface area contributed by atoms with Crippen LogP contribution in [0.25, 0.3) is 0 Å². The zero-order valence-corrected chi connectivity index (χ0v) is 15.9. The number of hydrogen-bond acceptors (Lipinski definition) is 4. The van der Waals surface area contributed by atoms with Crippen LogP contribution in [0.5, 0.6) is 0 Å². The van der Waals surface area contributed by atoms with Crippen LogP contribution in [0.3, 0.4) is 0 Å². The molecule has 1 aliphatic carbocycles. The van der Waals surface area contributed by atoms with Crippen molar-refractivity contribution in [2.45, 2.75) is 45.2 Å². The molecule has 1 fully saturated rings. The molecule has 0 radical (unpaired) electrons. The molecule has 0 saturated heterocycles. The highest BCUT2D eigenvalue weighted by Crippen LogP contribution is 2.29. The van der Waals surface area contributed by atoms with Crippen LogP contribution in [-0.2, 0) is 13.1 Å². The topological polar surface area (TPSA) is 61.4 Å². The van der Waals surface area contributed by atoms with Crippen LogP contribution in [0, 0.1) is 5.92 Å². The quantitative estimate of drug-likeness (QED) is 0.888. The molecule has 2 aliphatic rings. The molecule has 1 aromatic heterocycles. The summed E-state index contributed by atoms with van der Waals surface area (Å²) in [6, 6.07) is 9.79. The van der Waals surface area contributed by atoms with Gasteiger partial charge in [-0.1, -0.05) is 37.5 Å². The van der Waals surface area contributed by atoms with Gasteiger partial charge >= 0.3 is 6.03 Å². The fraction of sp³-hybridized carbons (Fsp3) is 0.476. The standard InChI is InChI=1S/C21H27N5O/c1-25-14-19-18(13-26(21(25)27)17-10-6-3-7-11-17)20(24-15-23-19)22-12-16-8-4-2-5-9-16/h3,6-7,10-11,15-16H,2,4-5,8-9,12-14H2,1H3,(H,22,23,24). The van der Waals surface area contributed by atoms with Gasteiger partial charge in [-0.05, 0) is 30.9 Å². The van der Waals surface area contributed by atoms with Gasteiger partial charge < -0.3 is 10.2 Å². The molecule has 142 valence electrons. The Labute approximate surface area is 160 Å². The van der Waals surface area contributed by atoms with Crippen molar-refractivity contribution >= 4 is 17.5 Å². The number of nitrogens with one attached hydrogen (secondary N) is 1. The monoisotopic (exact) mass is 365 g/mol. The van der Waals surface area contributed by atoms with E-state index in [2.05, 4.69) is 15.3 Å². The van der Waals surface area contributed by atoms with Gasteiger partial charge in [0.1, 0.15) is 12.1 Å². The molecule has 1 aliphatic heterocycles. The SMILES string of the molecule is CN1Cc2ncnc(NCC3CCCCC3)c2CN(c2ccccc2)C1=O. The molecule has 1 saturated carbocycles. The van der Waals surface area contributed by atoms with E-state index in [1.165, 1.54) is 32.1 Å². The van der Waals surface area contributed by atoms with E-state index in [-0.39, 0.29) is 6.03 Å². The fourth-order valence-electron chi connectivity index (χ4n) is 4.07. The highest BCUT2D eigenvalue weighted by Gasteiger charge is 2.28. The van der Waals surface area contributed by atoms with Gasteiger partial charge in [0.15, 0.2) is 0 Å². The second-order valence-electron chi connectivity index (χ2n) is 7.59. The molecule has 27 heavy (non-hydrogen) atoms. The van der Waals surface area contributed by atoms with Crippen molar-refractivity contribution in [2.75, 3.05) is 23.8 Å². The van der Waals surface area contributed by atoms with Gasteiger partial charge in [0.05, 0.1) is 18.8 Å². The summed E-state index contributed by atoms with van der Waals surface area (Å²) < 4.78 is 0. The van der Waals surface area contributed by atoms with E-state index in [0.29, 0.717) is 19.0 Å². The van der Waals surface area contributed by atoms with Crippen LogP contribution in [0.15, 0.2) is 36.7 Å². The van der Waals surface area contributed by atoms with E-state index in [1.807, 2.05) is 37.4 Å². The van der Waals surface area contributed by atoms with Gasteiger partial charge in [-0.3, -0.25) is 4.90 Å². The Morgan fingerprint density at radius 3 is 2.63 bits per heavy atom. The van der Waals surface area contributed by atoms with E-state index in [1.54, 1.807) is 16.1 Å². The number of nitrogens with zero attached hydrogens (tertiary/aromatic N) is 4. The van der Waals surface area contributed by atoms with Crippen LogP contribution in [0.4, 0.5) is 16.3 Å². The Kier molecular flexibility index (Phi) is 5.23. The van der Waals surface area contributed by atoms with Crippen LogP contribution in [0.1, 0.15) is 43.4 Å². The summed E-state index contributed by atoms with van der Waals surface area (Å²) in [4.78, 5) is 25.4.